The second-order valence-corrected chi connectivity index (χ2v) is 11.8. The smallest absolute Gasteiger partial charge is 0.177 e. The Morgan fingerprint density at radius 2 is 0.735 bits per heavy atom. The third-order valence-corrected chi connectivity index (χ3v) is 9.12. The van der Waals surface area contributed by atoms with Crippen molar-refractivity contribution in [2.45, 2.75) is 51.3 Å². The Balaban J connectivity index is 1.94. The molecule has 4 aromatic rings. The number of rotatable bonds is 7. The molecule has 0 nitrogen and oxygen atoms in total. The monoisotopic (exact) mass is 478 g/mol. The van der Waals surface area contributed by atoms with Gasteiger partial charge in [0.05, 0.1) is 0 Å². The van der Waals surface area contributed by atoms with E-state index in [-0.39, 0.29) is 11.8 Å². The fraction of sp³-hybridized carbons (Fsp3) is 0.200. The van der Waals surface area contributed by atoms with Gasteiger partial charge < -0.3 is 0 Å². The molecule has 4 heteroatoms. The topological polar surface area (TPSA) is 0 Å². The molecular formula is C30H32B2S2. The summed E-state index contributed by atoms with van der Waals surface area (Å²) in [6.45, 7) is 13.5. The lowest BCUT2D eigenvalue weighted by Gasteiger charge is -2.28. The van der Waals surface area contributed by atoms with Crippen LogP contribution < -0.4 is 10.9 Å². The van der Waals surface area contributed by atoms with Gasteiger partial charge in [-0.05, 0) is 75.6 Å². The molecule has 0 N–H and O–H groups in total. The first kappa shape index (κ1) is 24.8. The van der Waals surface area contributed by atoms with E-state index in [0.29, 0.717) is 0 Å². The normalized spacial score (nSPS) is 10.9. The first-order valence-corrected chi connectivity index (χ1v) is 13.7. The van der Waals surface area contributed by atoms with Gasteiger partial charge in [-0.2, -0.15) is 23.2 Å². The zero-order valence-corrected chi connectivity index (χ0v) is 22.7. The highest BCUT2D eigenvalue weighted by molar-refractivity contribution is 8.46. The summed E-state index contributed by atoms with van der Waals surface area (Å²) in [4.78, 5) is 2.63. The Hall–Kier alpha value is -2.29. The third-order valence-electron chi connectivity index (χ3n) is 6.33. The minimum Gasteiger partial charge on any atom is -0.177 e. The Bertz CT molecular complexity index is 1120. The lowest BCUT2D eigenvalue weighted by Crippen LogP contribution is -2.52. The van der Waals surface area contributed by atoms with E-state index in [1.54, 1.807) is 0 Å². The minimum absolute atomic E-state index is 0.272. The largest absolute Gasteiger partial charge is 0.237 e. The van der Waals surface area contributed by atoms with Gasteiger partial charge in [-0.15, -0.1) is 0 Å². The lowest BCUT2D eigenvalue weighted by molar-refractivity contribution is 1.35. The average molecular weight is 478 g/mol. The first-order valence-electron chi connectivity index (χ1n) is 11.9. The minimum atomic E-state index is 0.272. The highest BCUT2D eigenvalue weighted by Gasteiger charge is 2.38. The van der Waals surface area contributed by atoms with Crippen LogP contribution in [-0.4, -0.2) is 11.8 Å². The summed E-state index contributed by atoms with van der Waals surface area (Å²) in [6.07, 6.45) is 0. The summed E-state index contributed by atoms with van der Waals surface area (Å²) in [5, 5.41) is 0. The summed E-state index contributed by atoms with van der Waals surface area (Å²) >= 11 is 4.00. The van der Waals surface area contributed by atoms with E-state index in [0.717, 1.165) is 0 Å². The molecule has 0 aromatic heterocycles. The van der Waals surface area contributed by atoms with E-state index in [1.165, 1.54) is 54.1 Å². The molecule has 0 radical (unpaired) electrons. The number of benzene rings is 4. The van der Waals surface area contributed by atoms with Crippen molar-refractivity contribution in [2.75, 3.05) is 0 Å². The van der Waals surface area contributed by atoms with Crippen LogP contribution in [0, 0.1) is 41.5 Å². The molecule has 0 aliphatic carbocycles. The molecule has 0 unspecified atom stereocenters. The molecule has 0 heterocycles. The van der Waals surface area contributed by atoms with E-state index in [1.807, 2.05) is 23.2 Å². The molecule has 0 saturated heterocycles. The predicted octanol–water partition coefficient (Wildman–Crippen LogP) is 7.30. The van der Waals surface area contributed by atoms with Gasteiger partial charge in [0, 0.05) is 0 Å². The van der Waals surface area contributed by atoms with Gasteiger partial charge in [0.2, 0.25) is 11.8 Å². The molecule has 0 amide bonds. The van der Waals surface area contributed by atoms with Crippen LogP contribution in [0.25, 0.3) is 0 Å². The van der Waals surface area contributed by atoms with Crippen molar-refractivity contribution in [3.8, 4) is 0 Å². The zero-order chi connectivity index (χ0) is 24.2. The van der Waals surface area contributed by atoms with Crippen LogP contribution in [0.3, 0.4) is 0 Å². The Morgan fingerprint density at radius 1 is 0.441 bits per heavy atom. The second-order valence-electron chi connectivity index (χ2n) is 9.33. The number of hydrogen-bond donors (Lipinski definition) is 0. The molecule has 0 aliphatic rings. The van der Waals surface area contributed by atoms with Crippen LogP contribution in [0.15, 0.2) is 94.7 Å². The number of aryl methyl sites for hydroxylation is 6. The van der Waals surface area contributed by atoms with Crippen LogP contribution in [0.4, 0.5) is 0 Å². The SMILES string of the molecule is Cc1cc(C)c(B(Sc2ccccc2)B(Sc2ccccc2)c2c(C)cc(C)cc2C)c(C)c1. The van der Waals surface area contributed by atoms with Gasteiger partial charge in [-0.3, -0.25) is 0 Å². The molecule has 170 valence electrons. The van der Waals surface area contributed by atoms with Gasteiger partial charge in [0.1, 0.15) is 0 Å². The Morgan fingerprint density at radius 3 is 1.03 bits per heavy atom. The van der Waals surface area contributed by atoms with E-state index >= 15 is 0 Å². The molecule has 4 rings (SSSR count). The van der Waals surface area contributed by atoms with Gasteiger partial charge in [-0.25, -0.2) is 0 Å². The molecule has 0 fully saturated rings. The molecule has 34 heavy (non-hydrogen) atoms. The lowest BCUT2D eigenvalue weighted by atomic mass is 9.29. The van der Waals surface area contributed by atoms with E-state index in [4.69, 9.17) is 0 Å². The van der Waals surface area contributed by atoms with E-state index in [9.17, 15) is 0 Å². The molecule has 0 atom stereocenters. The molecule has 0 bridgehead atoms. The van der Waals surface area contributed by atoms with Gasteiger partial charge in [-0.1, -0.05) is 105 Å². The quantitative estimate of drug-likeness (QED) is 0.256. The predicted molar refractivity (Wildman–Crippen MR) is 157 cm³/mol. The highest BCUT2D eigenvalue weighted by Crippen LogP contribution is 2.32. The summed E-state index contributed by atoms with van der Waals surface area (Å²) in [5.41, 5.74) is 11.1. The summed E-state index contributed by atoms with van der Waals surface area (Å²) in [6, 6.07) is 31.2. The van der Waals surface area contributed by atoms with E-state index < -0.39 is 0 Å². The van der Waals surface area contributed by atoms with Crippen LogP contribution in [-0.2, 0) is 0 Å². The van der Waals surface area contributed by atoms with Crippen molar-refractivity contribution in [1.82, 2.24) is 0 Å². The van der Waals surface area contributed by atoms with Crippen molar-refractivity contribution < 1.29 is 0 Å². The fourth-order valence-corrected chi connectivity index (χ4v) is 8.16. The van der Waals surface area contributed by atoms with Gasteiger partial charge >= 0.3 is 0 Å². The third kappa shape index (κ3) is 5.67. The van der Waals surface area contributed by atoms with Crippen molar-refractivity contribution >= 4 is 45.9 Å². The standard InChI is InChI=1S/C30H32B2S2/c1-21-17-23(3)29(24(4)18-21)31(33-27-13-9-7-10-14-27)32(34-28-15-11-8-12-16-28)30-25(5)19-22(2)20-26(30)6/h7-20H,1-6H3. The molecule has 0 spiro atoms. The van der Waals surface area contributed by atoms with Crippen LogP contribution >= 0.6 is 23.2 Å². The maximum atomic E-state index is 2.35. The second kappa shape index (κ2) is 11.0. The van der Waals surface area contributed by atoms with Crippen molar-refractivity contribution in [3.63, 3.8) is 0 Å². The summed E-state index contributed by atoms with van der Waals surface area (Å²) in [5.74, 6) is 0.543. The summed E-state index contributed by atoms with van der Waals surface area (Å²) < 4.78 is 0. The van der Waals surface area contributed by atoms with Crippen molar-refractivity contribution in [2.24, 2.45) is 0 Å². The van der Waals surface area contributed by atoms with E-state index in [2.05, 4.69) is 126 Å². The fourth-order valence-electron chi connectivity index (χ4n) is 5.12. The molecular weight excluding hydrogens is 446 g/mol. The summed E-state index contributed by atoms with van der Waals surface area (Å²) in [7, 11) is 0. The van der Waals surface area contributed by atoms with Crippen LogP contribution in [0.2, 0.25) is 0 Å². The van der Waals surface area contributed by atoms with Gasteiger partial charge in [0.25, 0.3) is 0 Å². The molecule has 0 saturated carbocycles. The number of hydrogen-bond acceptors (Lipinski definition) is 2. The van der Waals surface area contributed by atoms with Crippen molar-refractivity contribution in [3.05, 3.63) is 118 Å². The first-order chi connectivity index (χ1) is 16.3. The Labute approximate surface area is 214 Å². The highest BCUT2D eigenvalue weighted by atomic mass is 32.2. The van der Waals surface area contributed by atoms with Crippen LogP contribution in [0.1, 0.15) is 33.4 Å². The molecule has 0 aliphatic heterocycles. The Kier molecular flexibility index (Phi) is 8.01. The maximum Gasteiger partial charge on any atom is 0.237 e. The maximum absolute atomic E-state index is 2.35. The van der Waals surface area contributed by atoms with Crippen molar-refractivity contribution in [1.29, 1.82) is 0 Å². The zero-order valence-electron chi connectivity index (χ0n) is 21.1. The molecule has 4 aromatic carbocycles. The average Bonchev–Trinajstić information content (AvgIpc) is 2.78. The van der Waals surface area contributed by atoms with Gasteiger partial charge in [0.15, 0.2) is 0 Å². The van der Waals surface area contributed by atoms with Crippen LogP contribution in [0.5, 0.6) is 0 Å².